The van der Waals surface area contributed by atoms with Gasteiger partial charge in [0.05, 0.1) is 6.61 Å². The first-order valence-corrected chi connectivity index (χ1v) is 8.59. The molecule has 1 aliphatic rings. The first-order valence-electron chi connectivity index (χ1n) is 7.71. The van der Waals surface area contributed by atoms with Crippen molar-refractivity contribution in [3.63, 3.8) is 0 Å². The highest BCUT2D eigenvalue weighted by atomic mass is 32.1. The first kappa shape index (κ1) is 16.5. The Balaban J connectivity index is 1.74. The van der Waals surface area contributed by atoms with Gasteiger partial charge in [-0.05, 0) is 30.7 Å². The van der Waals surface area contributed by atoms with Crippen LogP contribution in [0.4, 0.5) is 0 Å². The normalized spacial score (nSPS) is 17.0. The fraction of sp³-hybridized carbons (Fsp3) is 0.688. The predicted octanol–water partition coefficient (Wildman–Crippen LogP) is 2.25. The van der Waals surface area contributed by atoms with Crippen molar-refractivity contribution in [3.05, 3.63) is 22.4 Å². The average molecular weight is 310 g/mol. The number of nitrogens with zero attached hydrogens (tertiary/aromatic N) is 2. The summed E-state index contributed by atoms with van der Waals surface area (Å²) >= 11 is 1.84. The topological polar surface area (TPSA) is 32.8 Å². The van der Waals surface area contributed by atoms with Gasteiger partial charge in [-0.15, -0.1) is 11.3 Å². The van der Waals surface area contributed by atoms with E-state index in [0.29, 0.717) is 19.2 Å². The van der Waals surface area contributed by atoms with E-state index in [1.807, 2.05) is 16.2 Å². The fourth-order valence-corrected chi connectivity index (χ4v) is 3.66. The van der Waals surface area contributed by atoms with Crippen molar-refractivity contribution < 1.29 is 9.53 Å². The molecule has 0 N–H and O–H groups in total. The number of piperidine rings is 1. The molecule has 2 heterocycles. The lowest BCUT2D eigenvalue weighted by atomic mass is 10.0. The summed E-state index contributed by atoms with van der Waals surface area (Å²) in [6.45, 7) is 6.31. The Bertz CT molecular complexity index is 414. The number of rotatable bonds is 7. The summed E-state index contributed by atoms with van der Waals surface area (Å²) in [5.41, 5.74) is 0. The predicted molar refractivity (Wildman–Crippen MR) is 86.7 cm³/mol. The van der Waals surface area contributed by atoms with Gasteiger partial charge >= 0.3 is 0 Å². The molecule has 1 aromatic rings. The van der Waals surface area contributed by atoms with Gasteiger partial charge < -0.3 is 14.5 Å². The molecule has 1 aliphatic heterocycles. The standard InChI is InChI=1S/C16H26N2O2S/c1-14(19)18(11-12-20-2)15-5-8-17(9-6-15)10-7-16-4-3-13-21-16/h3-4,13,15H,5-12H2,1-2H3. The van der Waals surface area contributed by atoms with E-state index in [1.165, 1.54) is 4.88 Å². The molecule has 1 fully saturated rings. The van der Waals surface area contributed by atoms with Gasteiger partial charge in [0.1, 0.15) is 0 Å². The number of carbonyl (C=O) groups is 1. The monoisotopic (exact) mass is 310 g/mol. The van der Waals surface area contributed by atoms with Crippen LogP contribution in [0.1, 0.15) is 24.6 Å². The maximum Gasteiger partial charge on any atom is 0.219 e. The minimum absolute atomic E-state index is 0.170. The van der Waals surface area contributed by atoms with Crippen LogP contribution in [0.3, 0.4) is 0 Å². The van der Waals surface area contributed by atoms with Crippen molar-refractivity contribution in [1.82, 2.24) is 9.80 Å². The number of thiophene rings is 1. The molecule has 0 spiro atoms. The molecule has 1 amide bonds. The highest BCUT2D eigenvalue weighted by Gasteiger charge is 2.25. The maximum atomic E-state index is 11.8. The van der Waals surface area contributed by atoms with Gasteiger partial charge in [0.25, 0.3) is 0 Å². The van der Waals surface area contributed by atoms with Gasteiger partial charge in [-0.3, -0.25) is 4.79 Å². The van der Waals surface area contributed by atoms with E-state index in [2.05, 4.69) is 22.4 Å². The number of ether oxygens (including phenoxy) is 1. The summed E-state index contributed by atoms with van der Waals surface area (Å²) in [5, 5.41) is 2.14. The SMILES string of the molecule is COCCN(C(C)=O)C1CCN(CCc2cccs2)CC1. The van der Waals surface area contributed by atoms with Crippen LogP contribution >= 0.6 is 11.3 Å². The Hall–Kier alpha value is -0.910. The van der Waals surface area contributed by atoms with Crippen LogP contribution in [0.2, 0.25) is 0 Å². The molecule has 0 unspecified atom stereocenters. The zero-order valence-electron chi connectivity index (χ0n) is 13.1. The summed E-state index contributed by atoms with van der Waals surface area (Å²) in [6.07, 6.45) is 3.30. The molecule has 0 atom stereocenters. The Morgan fingerprint density at radius 3 is 2.81 bits per heavy atom. The molecule has 5 heteroatoms. The van der Waals surface area contributed by atoms with Crippen molar-refractivity contribution in [1.29, 1.82) is 0 Å². The van der Waals surface area contributed by atoms with E-state index in [1.54, 1.807) is 14.0 Å². The van der Waals surface area contributed by atoms with Crippen LogP contribution in [0.5, 0.6) is 0 Å². The Morgan fingerprint density at radius 2 is 2.24 bits per heavy atom. The van der Waals surface area contributed by atoms with E-state index in [0.717, 1.165) is 38.9 Å². The van der Waals surface area contributed by atoms with Crippen molar-refractivity contribution >= 4 is 17.2 Å². The summed E-state index contributed by atoms with van der Waals surface area (Å²) in [5.74, 6) is 0.170. The maximum absolute atomic E-state index is 11.8. The highest BCUT2D eigenvalue weighted by molar-refractivity contribution is 7.09. The van der Waals surface area contributed by atoms with E-state index in [9.17, 15) is 4.79 Å². The van der Waals surface area contributed by atoms with Gasteiger partial charge in [-0.25, -0.2) is 0 Å². The minimum Gasteiger partial charge on any atom is -0.383 e. The van der Waals surface area contributed by atoms with Crippen LogP contribution in [0.15, 0.2) is 17.5 Å². The average Bonchev–Trinajstić information content (AvgIpc) is 3.00. The van der Waals surface area contributed by atoms with Crippen molar-refractivity contribution in [2.24, 2.45) is 0 Å². The molecule has 0 aromatic carbocycles. The molecule has 0 bridgehead atoms. The lowest BCUT2D eigenvalue weighted by Gasteiger charge is -2.38. The van der Waals surface area contributed by atoms with Crippen molar-refractivity contribution in [3.8, 4) is 0 Å². The number of carbonyl (C=O) groups excluding carboxylic acids is 1. The molecule has 2 rings (SSSR count). The van der Waals surface area contributed by atoms with E-state index < -0.39 is 0 Å². The molecule has 0 saturated carbocycles. The number of likely N-dealkylation sites (tertiary alicyclic amines) is 1. The van der Waals surface area contributed by atoms with Crippen molar-refractivity contribution in [2.45, 2.75) is 32.2 Å². The summed E-state index contributed by atoms with van der Waals surface area (Å²) in [4.78, 5) is 17.7. The summed E-state index contributed by atoms with van der Waals surface area (Å²) < 4.78 is 5.11. The zero-order chi connectivity index (χ0) is 15.1. The Kier molecular flexibility index (Phi) is 6.67. The third-order valence-corrected chi connectivity index (χ3v) is 5.13. The molecule has 4 nitrogen and oxygen atoms in total. The third-order valence-electron chi connectivity index (χ3n) is 4.19. The van der Waals surface area contributed by atoms with Crippen LogP contribution in [-0.4, -0.2) is 61.6 Å². The highest BCUT2D eigenvalue weighted by Crippen LogP contribution is 2.18. The largest absolute Gasteiger partial charge is 0.383 e. The molecule has 1 aromatic heterocycles. The van der Waals surface area contributed by atoms with E-state index in [4.69, 9.17) is 4.74 Å². The van der Waals surface area contributed by atoms with Gasteiger partial charge in [0.2, 0.25) is 5.91 Å². The molecule has 0 radical (unpaired) electrons. The van der Waals surface area contributed by atoms with Crippen LogP contribution in [-0.2, 0) is 16.0 Å². The quantitative estimate of drug-likeness (QED) is 0.774. The van der Waals surface area contributed by atoms with Crippen molar-refractivity contribution in [2.75, 3.05) is 39.9 Å². The molecule has 0 aliphatic carbocycles. The Morgan fingerprint density at radius 1 is 1.48 bits per heavy atom. The van der Waals surface area contributed by atoms with Gasteiger partial charge in [-0.1, -0.05) is 6.07 Å². The number of hydrogen-bond acceptors (Lipinski definition) is 4. The minimum atomic E-state index is 0.170. The molecule has 1 saturated heterocycles. The smallest absolute Gasteiger partial charge is 0.219 e. The number of amides is 1. The zero-order valence-corrected chi connectivity index (χ0v) is 13.9. The summed E-state index contributed by atoms with van der Waals surface area (Å²) in [6, 6.07) is 4.71. The van der Waals surface area contributed by atoms with Gasteiger partial charge in [-0.2, -0.15) is 0 Å². The third kappa shape index (κ3) is 5.09. The van der Waals surface area contributed by atoms with Crippen LogP contribution in [0.25, 0.3) is 0 Å². The van der Waals surface area contributed by atoms with Gasteiger partial charge in [0.15, 0.2) is 0 Å². The molecule has 118 valence electrons. The fourth-order valence-electron chi connectivity index (χ4n) is 2.96. The lowest BCUT2D eigenvalue weighted by Crippen LogP contribution is -2.48. The van der Waals surface area contributed by atoms with Crippen LogP contribution < -0.4 is 0 Å². The second-order valence-corrected chi connectivity index (χ2v) is 6.64. The molecular weight excluding hydrogens is 284 g/mol. The second-order valence-electron chi connectivity index (χ2n) is 5.61. The second kappa shape index (κ2) is 8.51. The molecule has 21 heavy (non-hydrogen) atoms. The lowest BCUT2D eigenvalue weighted by molar-refractivity contribution is -0.132. The van der Waals surface area contributed by atoms with Gasteiger partial charge in [0, 0.05) is 51.1 Å². The summed E-state index contributed by atoms with van der Waals surface area (Å²) in [7, 11) is 1.69. The number of hydrogen-bond donors (Lipinski definition) is 0. The number of methoxy groups -OCH3 is 1. The van der Waals surface area contributed by atoms with Crippen LogP contribution in [0, 0.1) is 0 Å². The molecular formula is C16H26N2O2S. The first-order chi connectivity index (χ1) is 10.2. The Labute approximate surface area is 131 Å². The van der Waals surface area contributed by atoms with E-state index >= 15 is 0 Å². The van der Waals surface area contributed by atoms with E-state index in [-0.39, 0.29) is 5.91 Å².